The molecule has 0 saturated carbocycles. The van der Waals surface area contributed by atoms with Crippen molar-refractivity contribution in [2.75, 3.05) is 0 Å². The van der Waals surface area contributed by atoms with Crippen LogP contribution in [0.25, 0.3) is 83.9 Å². The zero-order chi connectivity index (χ0) is 73.4. The third kappa shape index (κ3) is 10.5. The van der Waals surface area contributed by atoms with Crippen molar-refractivity contribution >= 4 is 11.0 Å². The van der Waals surface area contributed by atoms with E-state index in [2.05, 4.69) is 0 Å². The Kier molecular flexibility index (Phi) is 7.65. The summed E-state index contributed by atoms with van der Waals surface area (Å²) in [5.41, 5.74) is -8.51. The minimum absolute atomic E-state index is 0.0178. The molecule has 0 bridgehead atoms. The first-order valence-electron chi connectivity index (χ1n) is 36.5. The minimum Gasteiger partial charge on any atom is -0.507 e. The van der Waals surface area contributed by atoms with Gasteiger partial charge in [-0.3, -0.25) is 9.55 Å². The van der Waals surface area contributed by atoms with Crippen LogP contribution in [0.2, 0.25) is 0 Å². The molecule has 0 fully saturated rings. The lowest BCUT2D eigenvalue weighted by molar-refractivity contribution is 0.411. The number of nitrogens with zero attached hydrogens (tertiary/aromatic N) is 3. The van der Waals surface area contributed by atoms with Gasteiger partial charge in [-0.1, -0.05) is 207 Å². The van der Waals surface area contributed by atoms with Crippen molar-refractivity contribution in [3.05, 3.63) is 191 Å². The van der Waals surface area contributed by atoms with E-state index in [0.29, 0.717) is 56.3 Å². The molecule has 2 heterocycles. The Bertz CT molecular complexity index is 4380. The topological polar surface area (TPSA) is 50.9 Å². The molecular weight excluding hydrogens is 899 g/mol. The Balaban J connectivity index is 1.53. The second kappa shape index (κ2) is 19.0. The molecule has 4 nitrogen and oxygen atoms in total. The first-order valence-corrected chi connectivity index (χ1v) is 24.5. The van der Waals surface area contributed by atoms with Gasteiger partial charge < -0.3 is 5.11 Å². The average Bonchev–Trinajstić information content (AvgIpc) is 0.780. The summed E-state index contributed by atoms with van der Waals surface area (Å²) in [5, 5.41) is 13.4. The number of para-hydroxylation sites is 1. The molecule has 0 aliphatic heterocycles. The maximum Gasteiger partial charge on any atom is 0.149 e. The van der Waals surface area contributed by atoms with E-state index < -0.39 is 110 Å². The number of fused-ring (bicyclic) bond motifs is 1. The molecule has 0 saturated heterocycles. The maximum atomic E-state index is 13.4. The Morgan fingerprint density at radius 2 is 1.12 bits per heavy atom. The van der Waals surface area contributed by atoms with Gasteiger partial charge in [0.1, 0.15) is 11.6 Å². The number of aromatic nitrogens is 3. The van der Waals surface area contributed by atoms with Crippen molar-refractivity contribution in [1.82, 2.24) is 14.5 Å². The van der Waals surface area contributed by atoms with E-state index in [1.807, 2.05) is 90.1 Å². The zero-order valence-corrected chi connectivity index (χ0v) is 43.2. The first kappa shape index (κ1) is 29.7. The van der Waals surface area contributed by atoms with E-state index in [4.69, 9.17) is 41.5 Å². The highest BCUT2D eigenvalue weighted by molar-refractivity contribution is 6.00. The second-order valence-corrected chi connectivity index (χ2v) is 22.3. The monoisotopic (exact) mass is 1000 g/mol. The summed E-state index contributed by atoms with van der Waals surface area (Å²) in [7, 11) is 0. The minimum atomic E-state index is -4.23. The first-order chi connectivity index (χ1) is 44.6. The van der Waals surface area contributed by atoms with E-state index in [9.17, 15) is 6.48 Å². The number of phenolic OH excluding ortho intramolecular Hbond substituents is 1. The molecule has 0 atom stereocenters. The van der Waals surface area contributed by atoms with Crippen molar-refractivity contribution in [3.63, 3.8) is 0 Å². The van der Waals surface area contributed by atoms with Crippen LogP contribution in [0.3, 0.4) is 0 Å². The van der Waals surface area contributed by atoms with Crippen LogP contribution in [-0.2, 0) is 28.0 Å². The smallest absolute Gasteiger partial charge is 0.149 e. The highest BCUT2D eigenvalue weighted by Gasteiger charge is 2.31. The summed E-state index contributed by atoms with van der Waals surface area (Å²) in [6.45, 7) is -10.9. The Morgan fingerprint density at radius 3 is 1.72 bits per heavy atom. The number of benzene rings is 7. The number of rotatable bonds is 8. The number of hydrogen-bond acceptors (Lipinski definition) is 3. The standard InChI is InChI=1S/C70H77N3O/c1-44-34-45(43-66(2,3)4)30-31-54(44)48-32-33-71-60(38-48)50-35-49(36-51(37-50)67(5,6)7)55-28-23-29-61-62(55)72-65(58-41-53(69(11,12)13)42-59(64(58)74)70(14,15)16)73(61)63-56(46-24-19-17-20-25-46)39-52(68(8,9)10)40-57(63)47-26-21-18-22-27-47/h17-42,74H,43H2,1-16H3/i1D3,11D3,12D3,13D3,14D3,15D3,16D3,31D,43D2. The molecule has 4 heteroatoms. The molecule has 0 spiro atoms. The Hall–Kier alpha value is -7.04. The molecule has 0 radical (unpaired) electrons. The molecule has 9 rings (SSSR count). The van der Waals surface area contributed by atoms with Crippen LogP contribution < -0.4 is 0 Å². The number of imidazole rings is 1. The summed E-state index contributed by atoms with van der Waals surface area (Å²) in [6, 6.07) is 39.0. The van der Waals surface area contributed by atoms with E-state index >= 15 is 0 Å². The summed E-state index contributed by atoms with van der Waals surface area (Å²) < 4.78 is 216. The van der Waals surface area contributed by atoms with Gasteiger partial charge in [-0.2, -0.15) is 0 Å². The average molecular weight is 1000 g/mol. The molecule has 0 amide bonds. The molecule has 2 aromatic heterocycles. The fourth-order valence-corrected chi connectivity index (χ4v) is 9.38. The van der Waals surface area contributed by atoms with Crippen molar-refractivity contribution < 1.29 is 38.0 Å². The van der Waals surface area contributed by atoms with Gasteiger partial charge in [0, 0.05) is 65.5 Å². The molecule has 378 valence electrons. The summed E-state index contributed by atoms with van der Waals surface area (Å²) in [5.74, 6) is -1.93. The molecule has 0 aliphatic rings. The number of pyridine rings is 1. The Labute approximate surface area is 476 Å². The molecule has 0 aliphatic carbocycles. The van der Waals surface area contributed by atoms with Gasteiger partial charge in [0.05, 0.1) is 29.3 Å². The van der Waals surface area contributed by atoms with Crippen LogP contribution in [0.5, 0.6) is 5.75 Å². The van der Waals surface area contributed by atoms with E-state index in [1.165, 1.54) is 22.9 Å². The third-order valence-electron chi connectivity index (χ3n) is 13.2. The van der Waals surface area contributed by atoms with Crippen molar-refractivity contribution in [3.8, 4) is 78.6 Å². The van der Waals surface area contributed by atoms with Crippen LogP contribution in [0.15, 0.2) is 158 Å². The Morgan fingerprint density at radius 1 is 0.527 bits per heavy atom. The molecule has 7 aromatic carbocycles. The predicted molar refractivity (Wildman–Crippen MR) is 316 cm³/mol. The van der Waals surface area contributed by atoms with Crippen LogP contribution in [-0.4, -0.2) is 19.6 Å². The summed E-state index contributed by atoms with van der Waals surface area (Å²) in [6.07, 6.45) is -0.594. The normalized spacial score (nSPS) is 18.9. The SMILES string of the molecule is [2H]c1cc(C([2H])([2H])C(C)(C)C)cc(C([2H])([2H])[2H])c1-c1ccnc(-c2cc(-c3cccc4c3nc(-c3cc(C(C([2H])([2H])[2H])(C([2H])([2H])[2H])C([2H])([2H])[2H])cc(C(C([2H])([2H])[2H])(C([2H])([2H])[2H])C([2H])([2H])[2H])c3O)n4-c3c(-c4ccccc4)cc(C(C)(C)C)cc3-c3ccccc3)cc(C(C)(C)C)c2)c1. The molecule has 74 heavy (non-hydrogen) atoms. The van der Waals surface area contributed by atoms with Gasteiger partial charge >= 0.3 is 0 Å². The highest BCUT2D eigenvalue weighted by Crippen LogP contribution is 2.48. The highest BCUT2D eigenvalue weighted by atomic mass is 16.3. The predicted octanol–water partition coefficient (Wildman–Crippen LogP) is 19.2. The summed E-state index contributed by atoms with van der Waals surface area (Å²) >= 11 is 0. The van der Waals surface area contributed by atoms with Crippen LogP contribution >= 0.6 is 0 Å². The van der Waals surface area contributed by atoms with Gasteiger partial charge in [-0.15, -0.1) is 0 Å². The van der Waals surface area contributed by atoms with Crippen molar-refractivity contribution in [1.29, 1.82) is 0 Å². The van der Waals surface area contributed by atoms with Gasteiger partial charge in [0.2, 0.25) is 0 Å². The van der Waals surface area contributed by atoms with Crippen LogP contribution in [0, 0.1) is 12.3 Å². The third-order valence-corrected chi connectivity index (χ3v) is 13.2. The van der Waals surface area contributed by atoms with Gasteiger partial charge in [-0.25, -0.2) is 4.98 Å². The lowest BCUT2D eigenvalue weighted by Gasteiger charge is -2.28. The number of hydrogen-bond donors (Lipinski definition) is 1. The number of phenols is 1. The van der Waals surface area contributed by atoms with Crippen molar-refractivity contribution in [2.24, 2.45) is 5.41 Å². The zero-order valence-electron chi connectivity index (χ0n) is 67.2. The number of aromatic hydroxyl groups is 1. The second-order valence-electron chi connectivity index (χ2n) is 22.3. The quantitative estimate of drug-likeness (QED) is 0.165. The lowest BCUT2D eigenvalue weighted by Crippen LogP contribution is -2.17. The van der Waals surface area contributed by atoms with Crippen LogP contribution in [0.1, 0.15) is 170 Å². The fraction of sp³-hybridized carbons (Fsp3) is 0.314. The van der Waals surface area contributed by atoms with Gasteiger partial charge in [-0.05, 0) is 144 Å². The maximum absolute atomic E-state index is 13.4. The number of aryl methyl sites for hydroxylation is 1. The molecule has 1 N–H and O–H groups in total. The molecule has 0 unspecified atom stereocenters. The van der Waals surface area contributed by atoms with E-state index in [0.717, 1.165) is 5.56 Å². The van der Waals surface area contributed by atoms with Crippen molar-refractivity contribution in [2.45, 2.75) is 138 Å². The van der Waals surface area contributed by atoms with E-state index in [1.54, 1.807) is 93.6 Å². The van der Waals surface area contributed by atoms with Gasteiger partial charge in [0.25, 0.3) is 0 Å². The van der Waals surface area contributed by atoms with Gasteiger partial charge in [0.15, 0.2) is 0 Å². The summed E-state index contributed by atoms with van der Waals surface area (Å²) in [4.78, 5) is 10.1. The molecular formula is C70H77N3O. The fourth-order valence-electron chi connectivity index (χ4n) is 9.38. The lowest BCUT2D eigenvalue weighted by atomic mass is 9.78. The largest absolute Gasteiger partial charge is 0.507 e. The molecule has 9 aromatic rings. The van der Waals surface area contributed by atoms with Crippen LogP contribution in [0.4, 0.5) is 0 Å². The van der Waals surface area contributed by atoms with E-state index in [-0.39, 0.29) is 51.1 Å².